The highest BCUT2D eigenvalue weighted by Crippen LogP contribution is 2.40. The zero-order chi connectivity index (χ0) is 13.0. The third-order valence-electron chi connectivity index (χ3n) is 4.18. The minimum Gasteiger partial charge on any atom is -0.494 e. The molecule has 0 aliphatic heterocycles. The monoisotopic (exact) mass is 247 g/mol. The number of hydrogen-bond donors (Lipinski definition) is 1. The SMILES string of the molecule is CCOc1ccc(C2CC(C)CCC2CN)cc1. The molecule has 0 saturated heterocycles. The van der Waals surface area contributed by atoms with E-state index in [1.807, 2.05) is 6.92 Å². The van der Waals surface area contributed by atoms with Gasteiger partial charge in [0.2, 0.25) is 0 Å². The Bertz CT molecular complexity index is 360. The maximum atomic E-state index is 5.93. The van der Waals surface area contributed by atoms with Crippen LogP contribution in [0.5, 0.6) is 5.75 Å². The molecule has 2 N–H and O–H groups in total. The summed E-state index contributed by atoms with van der Waals surface area (Å²) in [7, 11) is 0. The topological polar surface area (TPSA) is 35.2 Å². The van der Waals surface area contributed by atoms with E-state index in [9.17, 15) is 0 Å². The summed E-state index contributed by atoms with van der Waals surface area (Å²) >= 11 is 0. The Hall–Kier alpha value is -1.02. The molecule has 0 aromatic heterocycles. The van der Waals surface area contributed by atoms with Crippen LogP contribution in [0.15, 0.2) is 24.3 Å². The summed E-state index contributed by atoms with van der Waals surface area (Å²) in [5.74, 6) is 3.08. The molecule has 3 atom stereocenters. The Balaban J connectivity index is 2.12. The van der Waals surface area contributed by atoms with E-state index in [4.69, 9.17) is 10.5 Å². The molecule has 3 unspecified atom stereocenters. The van der Waals surface area contributed by atoms with Crippen LogP contribution in [0.2, 0.25) is 0 Å². The summed E-state index contributed by atoms with van der Waals surface area (Å²) in [6.45, 7) is 5.91. The van der Waals surface area contributed by atoms with Gasteiger partial charge in [0.1, 0.15) is 5.75 Å². The molecule has 0 amide bonds. The second kappa shape index (κ2) is 6.24. The smallest absolute Gasteiger partial charge is 0.119 e. The van der Waals surface area contributed by atoms with Crippen LogP contribution < -0.4 is 10.5 Å². The second-order valence-electron chi connectivity index (χ2n) is 5.52. The Morgan fingerprint density at radius 1 is 1.22 bits per heavy atom. The Kier molecular flexibility index (Phi) is 4.65. The third kappa shape index (κ3) is 3.05. The molecule has 18 heavy (non-hydrogen) atoms. The molecule has 2 rings (SSSR count). The molecule has 0 radical (unpaired) electrons. The van der Waals surface area contributed by atoms with Crippen molar-refractivity contribution in [2.45, 2.75) is 39.0 Å². The number of nitrogens with two attached hydrogens (primary N) is 1. The standard InChI is InChI=1S/C16H25NO/c1-3-18-15-8-6-13(7-9-15)16-10-12(2)4-5-14(16)11-17/h6-9,12,14,16H,3-5,10-11,17H2,1-2H3. The summed E-state index contributed by atoms with van der Waals surface area (Å²) in [4.78, 5) is 0. The van der Waals surface area contributed by atoms with Gasteiger partial charge < -0.3 is 10.5 Å². The molecule has 0 heterocycles. The highest BCUT2D eigenvalue weighted by atomic mass is 16.5. The van der Waals surface area contributed by atoms with Gasteiger partial charge in [-0.3, -0.25) is 0 Å². The van der Waals surface area contributed by atoms with Crippen molar-refractivity contribution in [1.82, 2.24) is 0 Å². The van der Waals surface area contributed by atoms with E-state index in [1.165, 1.54) is 24.8 Å². The van der Waals surface area contributed by atoms with Crippen LogP contribution in [-0.2, 0) is 0 Å². The van der Waals surface area contributed by atoms with Crippen molar-refractivity contribution in [2.24, 2.45) is 17.6 Å². The summed E-state index contributed by atoms with van der Waals surface area (Å²) < 4.78 is 5.50. The van der Waals surface area contributed by atoms with Crippen LogP contribution in [-0.4, -0.2) is 13.2 Å². The molecule has 1 aliphatic rings. The average Bonchev–Trinajstić information content (AvgIpc) is 2.40. The first-order valence-electron chi connectivity index (χ1n) is 7.17. The van der Waals surface area contributed by atoms with Crippen LogP contribution >= 0.6 is 0 Å². The maximum absolute atomic E-state index is 5.93. The number of ether oxygens (including phenoxy) is 1. The number of benzene rings is 1. The molecule has 1 fully saturated rings. The van der Waals surface area contributed by atoms with E-state index in [-0.39, 0.29) is 0 Å². The van der Waals surface area contributed by atoms with Crippen molar-refractivity contribution in [1.29, 1.82) is 0 Å². The predicted octanol–water partition coefficient (Wildman–Crippen LogP) is 3.56. The van der Waals surface area contributed by atoms with Gasteiger partial charge in [-0.2, -0.15) is 0 Å². The average molecular weight is 247 g/mol. The highest BCUT2D eigenvalue weighted by Gasteiger charge is 2.28. The lowest BCUT2D eigenvalue weighted by Gasteiger charge is -2.34. The van der Waals surface area contributed by atoms with E-state index in [1.54, 1.807) is 0 Å². The highest BCUT2D eigenvalue weighted by molar-refractivity contribution is 5.30. The minimum atomic E-state index is 0.634. The fourth-order valence-corrected chi connectivity index (χ4v) is 3.11. The van der Waals surface area contributed by atoms with E-state index in [0.717, 1.165) is 24.8 Å². The van der Waals surface area contributed by atoms with Gasteiger partial charge in [-0.15, -0.1) is 0 Å². The van der Waals surface area contributed by atoms with Gasteiger partial charge in [-0.25, -0.2) is 0 Å². The van der Waals surface area contributed by atoms with Gasteiger partial charge in [0.05, 0.1) is 6.61 Å². The number of hydrogen-bond acceptors (Lipinski definition) is 2. The van der Waals surface area contributed by atoms with Crippen LogP contribution in [0.4, 0.5) is 0 Å². The van der Waals surface area contributed by atoms with Crippen molar-refractivity contribution >= 4 is 0 Å². The fraction of sp³-hybridized carbons (Fsp3) is 0.625. The molecule has 0 bridgehead atoms. The van der Waals surface area contributed by atoms with Crippen molar-refractivity contribution < 1.29 is 4.74 Å². The van der Waals surface area contributed by atoms with Crippen LogP contribution in [0.25, 0.3) is 0 Å². The van der Waals surface area contributed by atoms with E-state index in [2.05, 4.69) is 31.2 Å². The first kappa shape index (κ1) is 13.4. The summed E-state index contributed by atoms with van der Waals surface area (Å²) in [6.07, 6.45) is 3.88. The van der Waals surface area contributed by atoms with Gasteiger partial charge in [0, 0.05) is 0 Å². The molecular weight excluding hydrogens is 222 g/mol. The van der Waals surface area contributed by atoms with Crippen molar-refractivity contribution in [2.75, 3.05) is 13.2 Å². The molecular formula is C16H25NO. The van der Waals surface area contributed by atoms with Gasteiger partial charge in [0.15, 0.2) is 0 Å². The van der Waals surface area contributed by atoms with Crippen LogP contribution in [0.3, 0.4) is 0 Å². The van der Waals surface area contributed by atoms with Gasteiger partial charge in [0.25, 0.3) is 0 Å². The molecule has 100 valence electrons. The first-order valence-corrected chi connectivity index (χ1v) is 7.17. The Morgan fingerprint density at radius 3 is 2.56 bits per heavy atom. The van der Waals surface area contributed by atoms with Crippen molar-refractivity contribution in [3.05, 3.63) is 29.8 Å². The van der Waals surface area contributed by atoms with E-state index in [0.29, 0.717) is 11.8 Å². The molecule has 0 spiro atoms. The Morgan fingerprint density at radius 2 is 1.94 bits per heavy atom. The summed E-state index contributed by atoms with van der Waals surface area (Å²) in [6, 6.07) is 8.62. The zero-order valence-corrected chi connectivity index (χ0v) is 11.6. The fourth-order valence-electron chi connectivity index (χ4n) is 3.11. The quantitative estimate of drug-likeness (QED) is 0.883. The molecule has 1 aliphatic carbocycles. The predicted molar refractivity (Wildman–Crippen MR) is 75.9 cm³/mol. The van der Waals surface area contributed by atoms with E-state index < -0.39 is 0 Å². The van der Waals surface area contributed by atoms with Crippen LogP contribution in [0.1, 0.15) is 44.6 Å². The van der Waals surface area contributed by atoms with Gasteiger partial charge in [-0.1, -0.05) is 25.5 Å². The summed E-state index contributed by atoms with van der Waals surface area (Å²) in [5.41, 5.74) is 7.36. The van der Waals surface area contributed by atoms with Crippen molar-refractivity contribution in [3.8, 4) is 5.75 Å². The normalized spacial score (nSPS) is 28.1. The lowest BCUT2D eigenvalue weighted by molar-refractivity contribution is 0.253. The van der Waals surface area contributed by atoms with E-state index >= 15 is 0 Å². The molecule has 1 saturated carbocycles. The van der Waals surface area contributed by atoms with Gasteiger partial charge in [-0.05, 0) is 61.8 Å². The largest absolute Gasteiger partial charge is 0.494 e. The second-order valence-corrected chi connectivity index (χ2v) is 5.52. The van der Waals surface area contributed by atoms with Crippen molar-refractivity contribution in [3.63, 3.8) is 0 Å². The molecule has 1 aromatic rings. The maximum Gasteiger partial charge on any atom is 0.119 e. The zero-order valence-electron chi connectivity index (χ0n) is 11.6. The first-order chi connectivity index (χ1) is 8.74. The third-order valence-corrected chi connectivity index (χ3v) is 4.18. The lowest BCUT2D eigenvalue weighted by atomic mass is 9.71. The molecule has 2 heteroatoms. The molecule has 1 aromatic carbocycles. The Labute approximate surface area is 111 Å². The van der Waals surface area contributed by atoms with Crippen LogP contribution in [0, 0.1) is 11.8 Å². The minimum absolute atomic E-state index is 0.634. The lowest BCUT2D eigenvalue weighted by Crippen LogP contribution is -2.28. The number of rotatable bonds is 4. The molecule has 2 nitrogen and oxygen atoms in total. The summed E-state index contributed by atoms with van der Waals surface area (Å²) in [5, 5.41) is 0. The van der Waals surface area contributed by atoms with Gasteiger partial charge >= 0.3 is 0 Å².